The Labute approximate surface area is 120 Å². The average molecular weight is 288 g/mol. The normalized spacial score (nSPS) is 9.80. The molecule has 0 atom stereocenters. The largest absolute Gasteiger partial charge is 0.457 e. The van der Waals surface area contributed by atoms with Crippen molar-refractivity contribution in [1.82, 2.24) is 4.98 Å². The number of aromatic nitrogens is 1. The number of halogens is 1. The Morgan fingerprint density at radius 3 is 3.00 bits per heavy atom. The van der Waals surface area contributed by atoms with Gasteiger partial charge in [0.2, 0.25) is 0 Å². The molecule has 0 saturated carbocycles. The van der Waals surface area contributed by atoms with Gasteiger partial charge < -0.3 is 10.5 Å². The van der Waals surface area contributed by atoms with Crippen molar-refractivity contribution < 1.29 is 9.53 Å². The Hall–Kier alpha value is -2.58. The molecule has 0 spiro atoms. The molecule has 20 heavy (non-hydrogen) atoms. The van der Waals surface area contributed by atoms with Crippen LogP contribution in [0.15, 0.2) is 36.5 Å². The maximum absolute atomic E-state index is 11.9. The first kappa shape index (κ1) is 13.8. The number of nitrogen functional groups attached to an aromatic ring is 1. The summed E-state index contributed by atoms with van der Waals surface area (Å²) in [5.41, 5.74) is 6.92. The monoisotopic (exact) mass is 287 g/mol. The van der Waals surface area contributed by atoms with E-state index in [1.54, 1.807) is 18.2 Å². The van der Waals surface area contributed by atoms with Crippen LogP contribution in [0.25, 0.3) is 0 Å². The van der Waals surface area contributed by atoms with Gasteiger partial charge in [0, 0.05) is 22.5 Å². The fourth-order valence-electron chi connectivity index (χ4n) is 1.58. The highest BCUT2D eigenvalue weighted by atomic mass is 35.5. The zero-order chi connectivity index (χ0) is 14.5. The van der Waals surface area contributed by atoms with E-state index in [9.17, 15) is 4.79 Å². The number of pyridine rings is 1. The number of benzene rings is 1. The predicted octanol–water partition coefficient (Wildman–Crippen LogP) is 2.55. The number of carbonyl (C=O) groups excluding carboxylic acids is 1. The molecule has 1 heterocycles. The molecule has 2 aromatic rings. The molecule has 5 nitrogen and oxygen atoms in total. The minimum Gasteiger partial charge on any atom is -0.457 e. The Bertz CT molecular complexity index is 695. The first-order valence-electron chi connectivity index (χ1n) is 5.68. The first-order valence-corrected chi connectivity index (χ1v) is 6.05. The molecule has 0 bridgehead atoms. The smallest absolute Gasteiger partial charge is 0.340 e. The lowest BCUT2D eigenvalue weighted by molar-refractivity contribution is 0.0473. The third kappa shape index (κ3) is 3.05. The molecule has 1 aromatic carbocycles. The van der Waals surface area contributed by atoms with Gasteiger partial charge in [-0.05, 0) is 24.3 Å². The number of nitriles is 1. The van der Waals surface area contributed by atoms with E-state index in [0.717, 1.165) is 0 Å². The molecule has 100 valence electrons. The van der Waals surface area contributed by atoms with Crippen molar-refractivity contribution in [1.29, 1.82) is 5.26 Å². The molecule has 0 radical (unpaired) electrons. The van der Waals surface area contributed by atoms with Crippen molar-refractivity contribution >= 4 is 23.3 Å². The van der Waals surface area contributed by atoms with E-state index in [0.29, 0.717) is 10.6 Å². The first-order chi connectivity index (χ1) is 9.61. The summed E-state index contributed by atoms with van der Waals surface area (Å²) >= 11 is 5.81. The SMILES string of the molecule is N#Cc1ncccc1COC(=O)c1cc(Cl)ccc1N. The topological polar surface area (TPSA) is 89.0 Å². The minimum atomic E-state index is -0.599. The van der Waals surface area contributed by atoms with Gasteiger partial charge in [-0.15, -0.1) is 0 Å². The maximum Gasteiger partial charge on any atom is 0.340 e. The Balaban J connectivity index is 2.13. The molecule has 0 aliphatic heterocycles. The number of esters is 1. The summed E-state index contributed by atoms with van der Waals surface area (Å²) in [6, 6.07) is 9.82. The lowest BCUT2D eigenvalue weighted by atomic mass is 10.2. The highest BCUT2D eigenvalue weighted by Gasteiger charge is 2.13. The standard InChI is InChI=1S/C14H10ClN3O2/c15-10-3-4-12(17)11(6-10)14(19)20-8-9-2-1-5-18-13(9)7-16/h1-6H,8,17H2. The second kappa shape index (κ2) is 6.04. The highest BCUT2D eigenvalue weighted by Crippen LogP contribution is 2.19. The van der Waals surface area contributed by atoms with Crippen LogP contribution in [0, 0.1) is 11.3 Å². The number of nitrogens with two attached hydrogens (primary N) is 1. The second-order valence-electron chi connectivity index (χ2n) is 3.93. The third-order valence-corrected chi connectivity index (χ3v) is 2.83. The predicted molar refractivity (Wildman–Crippen MR) is 73.9 cm³/mol. The second-order valence-corrected chi connectivity index (χ2v) is 4.37. The van der Waals surface area contributed by atoms with Crippen LogP contribution in [0.1, 0.15) is 21.6 Å². The van der Waals surface area contributed by atoms with E-state index >= 15 is 0 Å². The Morgan fingerprint density at radius 1 is 1.45 bits per heavy atom. The number of nitrogens with zero attached hydrogens (tertiary/aromatic N) is 2. The van der Waals surface area contributed by atoms with Crippen molar-refractivity contribution in [3.63, 3.8) is 0 Å². The van der Waals surface area contributed by atoms with Crippen molar-refractivity contribution in [3.05, 3.63) is 58.4 Å². The zero-order valence-corrected chi connectivity index (χ0v) is 11.1. The fraction of sp³-hybridized carbons (Fsp3) is 0.0714. The lowest BCUT2D eigenvalue weighted by Gasteiger charge is -2.08. The van der Waals surface area contributed by atoms with E-state index in [4.69, 9.17) is 27.3 Å². The van der Waals surface area contributed by atoms with Crippen molar-refractivity contribution in [2.75, 3.05) is 5.73 Å². The molecule has 0 aliphatic rings. The number of anilines is 1. The van der Waals surface area contributed by atoms with Gasteiger partial charge in [0.1, 0.15) is 18.4 Å². The summed E-state index contributed by atoms with van der Waals surface area (Å²) < 4.78 is 5.12. The number of ether oxygens (including phenoxy) is 1. The molecule has 2 rings (SSSR count). The summed E-state index contributed by atoms with van der Waals surface area (Å²) in [4.78, 5) is 15.8. The molecule has 1 aromatic heterocycles. The summed E-state index contributed by atoms with van der Waals surface area (Å²) in [5.74, 6) is -0.599. The molecule has 0 unspecified atom stereocenters. The molecule has 0 saturated heterocycles. The van der Waals surface area contributed by atoms with Crippen molar-refractivity contribution in [2.45, 2.75) is 6.61 Å². The lowest BCUT2D eigenvalue weighted by Crippen LogP contribution is -2.09. The number of hydrogen-bond donors (Lipinski definition) is 1. The van der Waals surface area contributed by atoms with Crippen LogP contribution in [-0.4, -0.2) is 11.0 Å². The van der Waals surface area contributed by atoms with Crippen LogP contribution >= 0.6 is 11.6 Å². The van der Waals surface area contributed by atoms with Crippen LogP contribution in [0.3, 0.4) is 0 Å². The number of hydrogen-bond acceptors (Lipinski definition) is 5. The van der Waals surface area contributed by atoms with Crippen LogP contribution in [-0.2, 0) is 11.3 Å². The maximum atomic E-state index is 11.9. The average Bonchev–Trinajstić information content (AvgIpc) is 2.47. The van der Waals surface area contributed by atoms with Crippen molar-refractivity contribution in [3.8, 4) is 6.07 Å². The third-order valence-electron chi connectivity index (χ3n) is 2.59. The summed E-state index contributed by atoms with van der Waals surface area (Å²) in [5, 5.41) is 9.28. The van der Waals surface area contributed by atoms with Gasteiger partial charge in [-0.1, -0.05) is 17.7 Å². The van der Waals surface area contributed by atoms with Gasteiger partial charge in [-0.25, -0.2) is 9.78 Å². The number of carbonyl (C=O) groups is 1. The molecule has 2 N–H and O–H groups in total. The summed E-state index contributed by atoms with van der Waals surface area (Å²) in [6.45, 7) is -0.0540. The van der Waals surface area contributed by atoms with E-state index in [1.807, 2.05) is 6.07 Å². The quantitative estimate of drug-likeness (QED) is 0.692. The zero-order valence-electron chi connectivity index (χ0n) is 10.3. The van der Waals surface area contributed by atoms with Gasteiger partial charge in [0.05, 0.1) is 5.56 Å². The van der Waals surface area contributed by atoms with E-state index in [2.05, 4.69) is 4.98 Å². The van der Waals surface area contributed by atoms with Crippen LogP contribution < -0.4 is 5.73 Å². The van der Waals surface area contributed by atoms with Gasteiger partial charge >= 0.3 is 5.97 Å². The van der Waals surface area contributed by atoms with Gasteiger partial charge in [-0.2, -0.15) is 5.26 Å². The van der Waals surface area contributed by atoms with Crippen LogP contribution in [0.5, 0.6) is 0 Å². The van der Waals surface area contributed by atoms with E-state index in [-0.39, 0.29) is 23.6 Å². The molecule has 0 amide bonds. The Morgan fingerprint density at radius 2 is 2.25 bits per heavy atom. The van der Waals surface area contributed by atoms with Crippen molar-refractivity contribution in [2.24, 2.45) is 0 Å². The molecule has 0 aliphatic carbocycles. The molecular weight excluding hydrogens is 278 g/mol. The van der Waals surface area contributed by atoms with E-state index in [1.165, 1.54) is 18.3 Å². The number of rotatable bonds is 3. The molecule has 0 fully saturated rings. The highest BCUT2D eigenvalue weighted by molar-refractivity contribution is 6.31. The van der Waals surface area contributed by atoms with Gasteiger partial charge in [0.25, 0.3) is 0 Å². The molecular formula is C14H10ClN3O2. The van der Waals surface area contributed by atoms with E-state index < -0.39 is 5.97 Å². The fourth-order valence-corrected chi connectivity index (χ4v) is 1.75. The van der Waals surface area contributed by atoms with Gasteiger partial charge in [-0.3, -0.25) is 0 Å². The summed E-state index contributed by atoms with van der Waals surface area (Å²) in [7, 11) is 0. The van der Waals surface area contributed by atoms with Crippen LogP contribution in [0.4, 0.5) is 5.69 Å². The minimum absolute atomic E-state index is 0.0540. The van der Waals surface area contributed by atoms with Gasteiger partial charge in [0.15, 0.2) is 0 Å². The molecule has 6 heteroatoms. The summed E-state index contributed by atoms with van der Waals surface area (Å²) in [6.07, 6.45) is 1.50. The van der Waals surface area contributed by atoms with Crippen LogP contribution in [0.2, 0.25) is 5.02 Å². The Kier molecular flexibility index (Phi) is 4.18.